The molecule has 2 amide bonds. The number of rotatable bonds is 12. The Morgan fingerprint density at radius 2 is 1.49 bits per heavy atom. The van der Waals surface area contributed by atoms with Gasteiger partial charge < -0.3 is 32.3 Å². The van der Waals surface area contributed by atoms with Crippen molar-refractivity contribution in [3.05, 3.63) is 83.9 Å². The third kappa shape index (κ3) is 7.99. The maximum Gasteiger partial charge on any atom is 0.240 e. The minimum absolute atomic E-state index is 0.0401. The standard InChI is InChI=1S/C28H33N5O4/c29-27(37)25(6-3-16-32-28(30)31)33(17-15-19-7-11-22(34)12-8-19)26(36)18-21-4-1-2-5-24(21)20-9-13-23(35)14-10-20/h1-2,4-5,7-14,25,34-35H,3,6,15-18H2,(H2,29,37)(H4,30,31,32)/t25-/m1/s1. The Labute approximate surface area is 216 Å². The van der Waals surface area contributed by atoms with Crippen molar-refractivity contribution >= 4 is 17.8 Å². The number of nitrogens with zero attached hydrogens (tertiary/aromatic N) is 2. The molecule has 0 spiro atoms. The molecule has 194 valence electrons. The van der Waals surface area contributed by atoms with Crippen LogP contribution in [0.1, 0.15) is 24.0 Å². The van der Waals surface area contributed by atoms with Crippen LogP contribution < -0.4 is 17.2 Å². The molecule has 37 heavy (non-hydrogen) atoms. The van der Waals surface area contributed by atoms with Crippen molar-refractivity contribution in [3.8, 4) is 22.6 Å². The van der Waals surface area contributed by atoms with Crippen LogP contribution in [0.2, 0.25) is 0 Å². The minimum Gasteiger partial charge on any atom is -0.508 e. The Kier molecular flexibility index (Phi) is 9.48. The number of aliphatic imine (C=N–C) groups is 1. The number of nitrogens with two attached hydrogens (primary N) is 3. The number of benzene rings is 3. The van der Waals surface area contributed by atoms with Gasteiger partial charge in [-0.25, -0.2) is 0 Å². The molecule has 1 atom stereocenters. The van der Waals surface area contributed by atoms with Gasteiger partial charge in [-0.3, -0.25) is 14.6 Å². The summed E-state index contributed by atoms with van der Waals surface area (Å²) in [6, 6.07) is 20.2. The maximum absolute atomic E-state index is 13.7. The molecule has 0 aliphatic carbocycles. The molecule has 3 aromatic rings. The van der Waals surface area contributed by atoms with Crippen LogP contribution in [0.3, 0.4) is 0 Å². The lowest BCUT2D eigenvalue weighted by Gasteiger charge is -2.30. The van der Waals surface area contributed by atoms with Gasteiger partial charge >= 0.3 is 0 Å². The number of primary amides is 1. The van der Waals surface area contributed by atoms with Crippen molar-refractivity contribution in [3.63, 3.8) is 0 Å². The molecule has 0 bridgehead atoms. The molecule has 8 N–H and O–H groups in total. The number of phenols is 2. The van der Waals surface area contributed by atoms with Gasteiger partial charge in [0.25, 0.3) is 0 Å². The maximum atomic E-state index is 13.7. The van der Waals surface area contributed by atoms with E-state index in [4.69, 9.17) is 17.2 Å². The number of hydrogen-bond donors (Lipinski definition) is 5. The fraction of sp³-hybridized carbons (Fsp3) is 0.250. The van der Waals surface area contributed by atoms with Gasteiger partial charge in [0, 0.05) is 13.1 Å². The van der Waals surface area contributed by atoms with E-state index in [2.05, 4.69) is 4.99 Å². The van der Waals surface area contributed by atoms with E-state index in [0.29, 0.717) is 25.8 Å². The van der Waals surface area contributed by atoms with Crippen LogP contribution in [0.15, 0.2) is 77.8 Å². The number of amides is 2. The van der Waals surface area contributed by atoms with Gasteiger partial charge in [0.05, 0.1) is 6.42 Å². The van der Waals surface area contributed by atoms with Crippen LogP contribution in [0, 0.1) is 0 Å². The lowest BCUT2D eigenvalue weighted by molar-refractivity contribution is -0.139. The molecule has 0 aliphatic rings. The third-order valence-corrected chi connectivity index (χ3v) is 6.07. The Morgan fingerprint density at radius 3 is 2.11 bits per heavy atom. The minimum atomic E-state index is -0.834. The summed E-state index contributed by atoms with van der Waals surface area (Å²) in [4.78, 5) is 31.7. The Morgan fingerprint density at radius 1 is 0.865 bits per heavy atom. The zero-order valence-corrected chi connectivity index (χ0v) is 20.6. The molecule has 0 aromatic heterocycles. The summed E-state index contributed by atoms with van der Waals surface area (Å²) in [6.45, 7) is 0.580. The predicted octanol–water partition coefficient (Wildman–Crippen LogP) is 2.29. The summed E-state index contributed by atoms with van der Waals surface area (Å²) in [5, 5.41) is 19.2. The first-order valence-corrected chi connectivity index (χ1v) is 12.0. The fourth-order valence-corrected chi connectivity index (χ4v) is 4.17. The number of aromatic hydroxyl groups is 2. The van der Waals surface area contributed by atoms with Crippen molar-refractivity contribution < 1.29 is 19.8 Å². The summed E-state index contributed by atoms with van der Waals surface area (Å²) in [5.74, 6) is -0.576. The second-order valence-electron chi connectivity index (χ2n) is 8.75. The van der Waals surface area contributed by atoms with Crippen LogP contribution >= 0.6 is 0 Å². The molecular formula is C28H33N5O4. The van der Waals surface area contributed by atoms with E-state index in [0.717, 1.165) is 22.3 Å². The summed E-state index contributed by atoms with van der Waals surface area (Å²) in [6.07, 6.45) is 1.32. The summed E-state index contributed by atoms with van der Waals surface area (Å²) in [5.41, 5.74) is 20.0. The quantitative estimate of drug-likeness (QED) is 0.144. The smallest absolute Gasteiger partial charge is 0.240 e. The van der Waals surface area contributed by atoms with E-state index in [9.17, 15) is 19.8 Å². The molecule has 0 saturated carbocycles. The lowest BCUT2D eigenvalue weighted by atomic mass is 9.96. The first-order valence-electron chi connectivity index (χ1n) is 12.0. The van der Waals surface area contributed by atoms with Crippen LogP contribution in [0.5, 0.6) is 11.5 Å². The Hall–Kier alpha value is -4.53. The van der Waals surface area contributed by atoms with Gasteiger partial charge in [-0.15, -0.1) is 0 Å². The third-order valence-electron chi connectivity index (χ3n) is 6.07. The largest absolute Gasteiger partial charge is 0.508 e. The molecule has 9 nitrogen and oxygen atoms in total. The second-order valence-corrected chi connectivity index (χ2v) is 8.75. The van der Waals surface area contributed by atoms with E-state index in [1.165, 1.54) is 4.90 Å². The van der Waals surface area contributed by atoms with Crippen molar-refractivity contribution in [2.45, 2.75) is 31.7 Å². The molecule has 0 aliphatic heterocycles. The van der Waals surface area contributed by atoms with Crippen molar-refractivity contribution in [1.82, 2.24) is 4.90 Å². The zero-order chi connectivity index (χ0) is 26.8. The van der Waals surface area contributed by atoms with Crippen molar-refractivity contribution in [1.29, 1.82) is 0 Å². The van der Waals surface area contributed by atoms with Crippen LogP contribution in [0.25, 0.3) is 11.1 Å². The monoisotopic (exact) mass is 503 g/mol. The summed E-state index contributed by atoms with van der Waals surface area (Å²) < 4.78 is 0. The predicted molar refractivity (Wildman–Crippen MR) is 144 cm³/mol. The molecule has 0 unspecified atom stereocenters. The van der Waals surface area contributed by atoms with Gasteiger partial charge in [0.2, 0.25) is 11.8 Å². The number of carbonyl (C=O) groups is 2. The van der Waals surface area contributed by atoms with E-state index in [-0.39, 0.29) is 36.3 Å². The summed E-state index contributed by atoms with van der Waals surface area (Å²) >= 11 is 0. The number of phenolic OH excluding ortho intramolecular Hbond substituents is 2. The second kappa shape index (κ2) is 13.0. The highest BCUT2D eigenvalue weighted by atomic mass is 16.3. The normalized spacial score (nSPS) is 11.5. The van der Waals surface area contributed by atoms with Crippen LogP contribution in [-0.2, 0) is 22.4 Å². The number of carbonyl (C=O) groups excluding carboxylic acids is 2. The Balaban J connectivity index is 1.85. The topological polar surface area (TPSA) is 168 Å². The van der Waals surface area contributed by atoms with Crippen molar-refractivity contribution in [2.75, 3.05) is 13.1 Å². The molecule has 3 aromatic carbocycles. The number of hydrogen-bond acceptors (Lipinski definition) is 5. The fourth-order valence-electron chi connectivity index (χ4n) is 4.17. The highest BCUT2D eigenvalue weighted by Gasteiger charge is 2.28. The van der Waals surface area contributed by atoms with Gasteiger partial charge in [0.15, 0.2) is 5.96 Å². The average Bonchev–Trinajstić information content (AvgIpc) is 2.87. The highest BCUT2D eigenvalue weighted by molar-refractivity contribution is 5.88. The van der Waals surface area contributed by atoms with E-state index in [1.54, 1.807) is 48.5 Å². The molecule has 0 radical (unpaired) electrons. The average molecular weight is 504 g/mol. The first kappa shape index (κ1) is 27.1. The Bertz CT molecular complexity index is 1220. The van der Waals surface area contributed by atoms with E-state index in [1.807, 2.05) is 24.3 Å². The SMILES string of the molecule is NC(=O)[C@@H](CCCN=C(N)N)N(CCc1ccc(O)cc1)C(=O)Cc1ccccc1-c1ccc(O)cc1. The molecule has 3 rings (SSSR count). The van der Waals surface area contributed by atoms with Crippen molar-refractivity contribution in [2.24, 2.45) is 22.2 Å². The molecule has 0 heterocycles. The molecule has 0 fully saturated rings. The van der Waals surface area contributed by atoms with E-state index < -0.39 is 11.9 Å². The zero-order valence-electron chi connectivity index (χ0n) is 20.6. The van der Waals surface area contributed by atoms with E-state index >= 15 is 0 Å². The van der Waals surface area contributed by atoms with Gasteiger partial charge in [-0.05, 0) is 65.8 Å². The van der Waals surface area contributed by atoms with Gasteiger partial charge in [-0.2, -0.15) is 0 Å². The van der Waals surface area contributed by atoms with Gasteiger partial charge in [0.1, 0.15) is 17.5 Å². The molecular weight excluding hydrogens is 470 g/mol. The van der Waals surface area contributed by atoms with Crippen LogP contribution in [0.4, 0.5) is 0 Å². The first-order chi connectivity index (χ1) is 17.7. The molecule has 0 saturated heterocycles. The summed E-state index contributed by atoms with van der Waals surface area (Å²) in [7, 11) is 0. The van der Waals surface area contributed by atoms with Gasteiger partial charge in [-0.1, -0.05) is 48.5 Å². The number of guanidine groups is 1. The lowest BCUT2D eigenvalue weighted by Crippen LogP contribution is -2.49. The van der Waals surface area contributed by atoms with Crippen LogP contribution in [-0.4, -0.2) is 52.0 Å². The highest BCUT2D eigenvalue weighted by Crippen LogP contribution is 2.26. The molecule has 9 heteroatoms.